The zero-order chi connectivity index (χ0) is 4.28. The quantitative estimate of drug-likeness (QED) is 0.334. The van der Waals surface area contributed by atoms with Gasteiger partial charge in [0.1, 0.15) is 0 Å². The van der Waals surface area contributed by atoms with Crippen LogP contribution in [0.25, 0.3) is 0 Å². The Bertz CT molecular complexity index is 59.8. The summed E-state index contributed by atoms with van der Waals surface area (Å²) in [5.41, 5.74) is 0. The van der Waals surface area contributed by atoms with Gasteiger partial charge in [0.15, 0.2) is 0 Å². The molecule has 0 unspecified atom stereocenters. The van der Waals surface area contributed by atoms with Crippen molar-refractivity contribution in [1.29, 1.82) is 0 Å². The minimum absolute atomic E-state index is 0. The van der Waals surface area contributed by atoms with E-state index in [1.807, 2.05) is 0 Å². The summed E-state index contributed by atoms with van der Waals surface area (Å²) in [4.78, 5) is 17.9. The fraction of sp³-hybridized carbons (Fsp3) is 0. The van der Waals surface area contributed by atoms with Crippen molar-refractivity contribution >= 4 is 12.3 Å². The van der Waals surface area contributed by atoms with Gasteiger partial charge in [0.25, 0.3) is 0 Å². The summed E-state index contributed by atoms with van der Waals surface area (Å²) in [5, 5.41) is 7.35. The number of hydrogen-bond acceptors (Lipinski definition) is 3. The second kappa shape index (κ2) is 4.10. The maximum Gasteiger partial charge on any atom is 0.368 e. The van der Waals surface area contributed by atoms with Crippen molar-refractivity contribution in [3.8, 4) is 0 Å². The van der Waals surface area contributed by atoms with E-state index in [-0.39, 0.29) is 12.4 Å². The van der Waals surface area contributed by atoms with Crippen LogP contribution in [0.1, 0.15) is 0 Å². The summed E-state index contributed by atoms with van der Waals surface area (Å²) in [6.07, 6.45) is -0.167. The summed E-state index contributed by atoms with van der Waals surface area (Å²) in [6, 6.07) is 0. The Kier molecular flexibility index (Phi) is 6.10. The van der Waals surface area contributed by atoms with Gasteiger partial charge in [-0.2, -0.15) is 0 Å². The highest BCUT2D eigenvalue weighted by Crippen LogP contribution is 1.39. The van der Waals surface area contributed by atoms with E-state index in [1.165, 1.54) is 0 Å². The van der Waals surface area contributed by atoms with Crippen LogP contribution in [-0.4, -0.2) is 17.4 Å². The lowest BCUT2D eigenvalue weighted by atomic mass is 10.8. The molecule has 0 aromatic heterocycles. The zero-order valence-corrected chi connectivity index (χ0v) is 3.05. The number of hydrogen-bond donors (Lipinski definition) is 2. The normalized spacial score (nSPS) is 5.33. The molecule has 0 atom stereocenters. The van der Waals surface area contributed by atoms with Gasteiger partial charge in [0.2, 0.25) is 6.29 Å². The molecule has 36 valence electrons. The Hall–Kier alpha value is -0.900. The van der Waals surface area contributed by atoms with Crippen LogP contribution in [-0.2, 0) is 9.59 Å². The van der Waals surface area contributed by atoms with Crippen molar-refractivity contribution in [2.75, 3.05) is 0 Å². The Morgan fingerprint density at radius 3 is 1.83 bits per heavy atom. The molecule has 0 fully saturated rings. The number of carboxylic acids is 1. The molecule has 4 nitrogen and oxygen atoms in total. The van der Waals surface area contributed by atoms with Crippen LogP contribution in [0, 0.1) is 0 Å². The van der Waals surface area contributed by atoms with Gasteiger partial charge in [-0.1, -0.05) is 0 Å². The lowest BCUT2D eigenvalue weighted by Crippen LogP contribution is -1.91. The van der Waals surface area contributed by atoms with E-state index < -0.39 is 5.97 Å². The van der Waals surface area contributed by atoms with Crippen LogP contribution in [0.15, 0.2) is 0 Å². The van der Waals surface area contributed by atoms with Crippen molar-refractivity contribution in [1.82, 2.24) is 6.15 Å². The van der Waals surface area contributed by atoms with Crippen LogP contribution in [0.2, 0.25) is 0 Å². The van der Waals surface area contributed by atoms with Crippen molar-refractivity contribution in [3.05, 3.63) is 0 Å². The minimum atomic E-state index is -1.43. The van der Waals surface area contributed by atoms with E-state index in [1.54, 1.807) is 0 Å². The third-order valence-electron chi connectivity index (χ3n) is 0.101. The number of aliphatic carboxylic acids is 1. The van der Waals surface area contributed by atoms with Gasteiger partial charge in [-0.25, -0.2) is 4.79 Å². The summed E-state index contributed by atoms with van der Waals surface area (Å²) < 4.78 is 0. The van der Waals surface area contributed by atoms with E-state index in [9.17, 15) is 0 Å². The average molecular weight is 91.1 g/mol. The highest BCUT2D eigenvalue weighted by Gasteiger charge is 1.80. The molecule has 0 saturated carbocycles. The molecule has 0 rings (SSSR count). The van der Waals surface area contributed by atoms with E-state index in [2.05, 4.69) is 0 Å². The second-order valence-corrected chi connectivity index (χ2v) is 0.456. The molecule has 0 heterocycles. The van der Waals surface area contributed by atoms with Gasteiger partial charge in [0, 0.05) is 0 Å². The van der Waals surface area contributed by atoms with Gasteiger partial charge < -0.3 is 11.3 Å². The lowest BCUT2D eigenvalue weighted by molar-refractivity contribution is -0.143. The van der Waals surface area contributed by atoms with Crippen LogP contribution in [0.4, 0.5) is 0 Å². The molecule has 0 aromatic rings. The van der Waals surface area contributed by atoms with Crippen LogP contribution < -0.4 is 6.15 Å². The Balaban J connectivity index is 0. The molecule has 0 aliphatic heterocycles. The summed E-state index contributed by atoms with van der Waals surface area (Å²) in [7, 11) is 0. The molecular formula is C2H5NO3. The van der Waals surface area contributed by atoms with E-state index in [0.717, 1.165) is 0 Å². The molecule has 0 spiro atoms. The molecule has 0 saturated heterocycles. The minimum Gasteiger partial charge on any atom is -0.476 e. The van der Waals surface area contributed by atoms with E-state index in [0.29, 0.717) is 0 Å². The Morgan fingerprint density at radius 2 is 1.83 bits per heavy atom. The third kappa shape index (κ3) is 11.3. The monoisotopic (exact) mass is 91.0 g/mol. The first-order valence-corrected chi connectivity index (χ1v) is 0.952. The molecule has 0 radical (unpaired) electrons. The van der Waals surface area contributed by atoms with Crippen molar-refractivity contribution in [3.63, 3.8) is 0 Å². The van der Waals surface area contributed by atoms with Crippen molar-refractivity contribution < 1.29 is 14.7 Å². The summed E-state index contributed by atoms with van der Waals surface area (Å²) in [6.45, 7) is 0. The van der Waals surface area contributed by atoms with Gasteiger partial charge in [0.05, 0.1) is 0 Å². The van der Waals surface area contributed by atoms with Crippen LogP contribution in [0.5, 0.6) is 0 Å². The molecule has 0 aromatic carbocycles. The second-order valence-electron chi connectivity index (χ2n) is 0.456. The molecule has 4 heteroatoms. The lowest BCUT2D eigenvalue weighted by Gasteiger charge is -1.59. The molecule has 0 aliphatic rings. The highest BCUT2D eigenvalue weighted by atomic mass is 16.4. The zero-order valence-electron chi connectivity index (χ0n) is 3.05. The fourth-order valence-electron chi connectivity index (χ4n) is 0. The summed E-state index contributed by atoms with van der Waals surface area (Å²) >= 11 is 0. The molecule has 0 aliphatic carbocycles. The first kappa shape index (κ1) is 8.92. The van der Waals surface area contributed by atoms with Crippen molar-refractivity contribution in [2.24, 2.45) is 0 Å². The Morgan fingerprint density at radius 1 is 1.67 bits per heavy atom. The largest absolute Gasteiger partial charge is 0.476 e. The average Bonchev–Trinajstić information content (AvgIpc) is 1.38. The van der Waals surface area contributed by atoms with Crippen LogP contribution in [0.3, 0.4) is 0 Å². The van der Waals surface area contributed by atoms with Gasteiger partial charge in [-0.15, -0.1) is 0 Å². The van der Waals surface area contributed by atoms with Gasteiger partial charge in [-0.3, -0.25) is 4.79 Å². The molecule has 0 amide bonds. The Labute approximate surface area is 34.4 Å². The maximum atomic E-state index is 9.00. The standard InChI is InChI=1S/C2H2O3.H3N/c3-1-2(4)5;/h1H,(H,4,5);1H3. The summed E-state index contributed by atoms with van der Waals surface area (Å²) in [5.74, 6) is -1.43. The number of carboxylic acid groups (broad SMARTS) is 1. The molecular weight excluding hydrogens is 86.0 g/mol. The van der Waals surface area contributed by atoms with Crippen LogP contribution >= 0.6 is 0 Å². The molecule has 4 N–H and O–H groups in total. The predicted octanol–water partition coefficient (Wildman–Crippen LogP) is -0.568. The van der Waals surface area contributed by atoms with Gasteiger partial charge >= 0.3 is 5.97 Å². The topological polar surface area (TPSA) is 89.4 Å². The van der Waals surface area contributed by atoms with E-state index >= 15 is 0 Å². The number of carbonyl (C=O) groups is 2. The number of aldehydes is 1. The third-order valence-corrected chi connectivity index (χ3v) is 0.101. The highest BCUT2D eigenvalue weighted by molar-refractivity contribution is 6.19. The maximum absolute atomic E-state index is 9.00. The predicted molar refractivity (Wildman–Crippen MR) is 18.7 cm³/mol. The molecule has 6 heavy (non-hydrogen) atoms. The number of rotatable bonds is 1. The first-order valence-electron chi connectivity index (χ1n) is 0.952. The smallest absolute Gasteiger partial charge is 0.368 e. The van der Waals surface area contributed by atoms with Crippen molar-refractivity contribution in [2.45, 2.75) is 0 Å². The van der Waals surface area contributed by atoms with Gasteiger partial charge in [-0.05, 0) is 0 Å². The first-order chi connectivity index (χ1) is 2.27. The molecule has 0 bridgehead atoms. The van der Waals surface area contributed by atoms with E-state index in [4.69, 9.17) is 14.7 Å². The SMILES string of the molecule is N.O=CC(=O)O. The fourth-order valence-corrected chi connectivity index (χ4v) is 0. The number of carbonyl (C=O) groups excluding carboxylic acids is 1.